The number of nitrogens with zero attached hydrogens (tertiary/aromatic N) is 2. The Bertz CT molecular complexity index is 675. The lowest BCUT2D eigenvalue weighted by atomic mass is 10.2. The van der Waals surface area contributed by atoms with Crippen molar-refractivity contribution in [3.05, 3.63) is 41.6 Å². The summed E-state index contributed by atoms with van der Waals surface area (Å²) in [7, 11) is 0. The molecule has 23 heavy (non-hydrogen) atoms. The Balaban J connectivity index is 1.71. The van der Waals surface area contributed by atoms with Crippen LogP contribution in [-0.4, -0.2) is 23.4 Å². The van der Waals surface area contributed by atoms with Crippen LogP contribution in [0, 0.1) is 0 Å². The molecule has 2 aromatic rings. The molecule has 1 aromatic heterocycles. The fraction of sp³-hybridized carbons (Fsp3) is 0.333. The predicted molar refractivity (Wildman–Crippen MR) is 76.4 cm³/mol. The number of nitrogens with one attached hydrogen (secondary N) is 1. The van der Waals surface area contributed by atoms with Crippen LogP contribution in [0.2, 0.25) is 0 Å². The lowest BCUT2D eigenvalue weighted by Gasteiger charge is -2.13. The van der Waals surface area contributed by atoms with Crippen LogP contribution in [0.15, 0.2) is 30.3 Å². The van der Waals surface area contributed by atoms with Gasteiger partial charge in [-0.1, -0.05) is 12.1 Å². The Morgan fingerprint density at radius 1 is 1.04 bits per heavy atom. The van der Waals surface area contributed by atoms with Crippen molar-refractivity contribution in [2.75, 3.05) is 18.5 Å². The van der Waals surface area contributed by atoms with E-state index in [9.17, 15) is 13.2 Å². The molecule has 1 aliphatic rings. The van der Waals surface area contributed by atoms with Crippen molar-refractivity contribution in [1.82, 2.24) is 10.2 Å². The lowest BCUT2D eigenvalue weighted by Crippen LogP contribution is -2.10. The van der Waals surface area contributed by atoms with Gasteiger partial charge in [0.1, 0.15) is 5.82 Å². The molecule has 0 fully saturated rings. The molecule has 1 aromatic carbocycles. The van der Waals surface area contributed by atoms with Crippen LogP contribution >= 0.6 is 0 Å². The van der Waals surface area contributed by atoms with Gasteiger partial charge in [-0.05, 0) is 18.2 Å². The predicted octanol–water partition coefficient (Wildman–Crippen LogP) is 3.27. The molecule has 1 N–H and O–H groups in total. The van der Waals surface area contributed by atoms with Crippen molar-refractivity contribution < 1.29 is 22.6 Å². The molecule has 0 atom stereocenters. The number of hydrogen-bond acceptors (Lipinski definition) is 5. The quantitative estimate of drug-likeness (QED) is 0.939. The first-order chi connectivity index (χ1) is 11.0. The van der Waals surface area contributed by atoms with Gasteiger partial charge in [-0.3, -0.25) is 0 Å². The van der Waals surface area contributed by atoms with Crippen LogP contribution in [0.5, 0.6) is 11.5 Å². The highest BCUT2D eigenvalue weighted by Crippen LogP contribution is 2.33. The average molecular weight is 325 g/mol. The van der Waals surface area contributed by atoms with Gasteiger partial charge in [-0.2, -0.15) is 13.2 Å². The van der Waals surface area contributed by atoms with E-state index in [4.69, 9.17) is 9.47 Å². The Hall–Kier alpha value is -2.51. The third-order valence-electron chi connectivity index (χ3n) is 3.27. The Morgan fingerprint density at radius 2 is 1.87 bits per heavy atom. The number of alkyl halides is 3. The van der Waals surface area contributed by atoms with Gasteiger partial charge in [0, 0.05) is 18.5 Å². The largest absolute Gasteiger partial charge is 0.490 e. The molecule has 5 nitrogen and oxygen atoms in total. The Kier molecular flexibility index (Phi) is 4.22. The number of benzene rings is 1. The second-order valence-electron chi connectivity index (χ2n) is 4.95. The van der Waals surface area contributed by atoms with E-state index >= 15 is 0 Å². The molecule has 8 heteroatoms. The number of aromatic nitrogens is 2. The van der Waals surface area contributed by atoms with E-state index < -0.39 is 11.9 Å². The molecule has 0 saturated carbocycles. The van der Waals surface area contributed by atoms with Gasteiger partial charge in [0.25, 0.3) is 0 Å². The van der Waals surface area contributed by atoms with Gasteiger partial charge in [0.05, 0.1) is 13.2 Å². The van der Waals surface area contributed by atoms with Gasteiger partial charge < -0.3 is 14.8 Å². The molecule has 122 valence electrons. The summed E-state index contributed by atoms with van der Waals surface area (Å²) in [5, 5.41) is 9.64. The molecule has 2 heterocycles. The first kappa shape index (κ1) is 15.4. The number of rotatable bonds is 3. The van der Waals surface area contributed by atoms with Crippen LogP contribution in [0.3, 0.4) is 0 Å². The first-order valence-corrected chi connectivity index (χ1v) is 7.06. The normalized spacial score (nSPS) is 14.2. The van der Waals surface area contributed by atoms with Crippen molar-refractivity contribution in [2.45, 2.75) is 19.1 Å². The summed E-state index contributed by atoms with van der Waals surface area (Å²) >= 11 is 0. The Labute approximate surface area is 130 Å². The molecule has 0 amide bonds. The van der Waals surface area contributed by atoms with Gasteiger partial charge in [-0.25, -0.2) is 0 Å². The van der Waals surface area contributed by atoms with E-state index in [0.717, 1.165) is 18.1 Å². The molecule has 0 saturated heterocycles. The van der Waals surface area contributed by atoms with Gasteiger partial charge in [0.2, 0.25) is 0 Å². The van der Waals surface area contributed by atoms with E-state index in [1.54, 1.807) is 0 Å². The molecule has 0 unspecified atom stereocenters. The number of halogens is 3. The number of para-hydroxylation sites is 1. The zero-order valence-electron chi connectivity index (χ0n) is 12.1. The Morgan fingerprint density at radius 3 is 2.61 bits per heavy atom. The number of fused-ring (bicyclic) bond motifs is 1. The van der Waals surface area contributed by atoms with Crippen LogP contribution in [0.4, 0.5) is 19.0 Å². The van der Waals surface area contributed by atoms with Crippen LogP contribution in [-0.2, 0) is 12.7 Å². The van der Waals surface area contributed by atoms with E-state index in [2.05, 4.69) is 15.5 Å². The second kappa shape index (κ2) is 6.31. The summed E-state index contributed by atoms with van der Waals surface area (Å²) in [4.78, 5) is 0. The van der Waals surface area contributed by atoms with Gasteiger partial charge in [0.15, 0.2) is 17.2 Å². The summed E-state index contributed by atoms with van der Waals surface area (Å²) in [5.74, 6) is 1.57. The second-order valence-corrected chi connectivity index (χ2v) is 4.95. The summed E-state index contributed by atoms with van der Waals surface area (Å²) in [5.41, 5.74) is -0.181. The zero-order chi connectivity index (χ0) is 16.3. The summed E-state index contributed by atoms with van der Waals surface area (Å²) < 4.78 is 48.6. The standard InChI is InChI=1S/C15H14F3N3O2/c16-15(17,18)12-5-6-13(21-20-12)19-9-10-3-1-4-11-14(10)23-8-2-7-22-11/h1,3-6H,2,7-9H2,(H,19,21). The molecule has 0 bridgehead atoms. The number of hydrogen-bond donors (Lipinski definition) is 1. The summed E-state index contributed by atoms with van der Waals surface area (Å²) in [6.45, 7) is 1.49. The highest BCUT2D eigenvalue weighted by Gasteiger charge is 2.32. The van der Waals surface area contributed by atoms with E-state index in [0.29, 0.717) is 31.3 Å². The molecular weight excluding hydrogens is 311 g/mol. The SMILES string of the molecule is FC(F)(F)c1ccc(NCc2cccc3c2OCCCO3)nn1. The fourth-order valence-electron chi connectivity index (χ4n) is 2.16. The number of ether oxygens (including phenoxy) is 2. The van der Waals surface area contributed by atoms with E-state index in [1.807, 2.05) is 18.2 Å². The first-order valence-electron chi connectivity index (χ1n) is 7.06. The maximum atomic E-state index is 12.4. The average Bonchev–Trinajstić information content (AvgIpc) is 2.78. The third kappa shape index (κ3) is 3.64. The van der Waals surface area contributed by atoms with E-state index in [1.165, 1.54) is 6.07 Å². The lowest BCUT2D eigenvalue weighted by molar-refractivity contribution is -0.141. The minimum atomic E-state index is -4.49. The topological polar surface area (TPSA) is 56.3 Å². The van der Waals surface area contributed by atoms with Crippen LogP contribution < -0.4 is 14.8 Å². The molecule has 3 rings (SSSR count). The molecule has 0 aliphatic carbocycles. The summed E-state index contributed by atoms with van der Waals surface area (Å²) in [6, 6.07) is 7.65. The minimum Gasteiger partial charge on any atom is -0.490 e. The van der Waals surface area contributed by atoms with Crippen molar-refractivity contribution in [2.24, 2.45) is 0 Å². The van der Waals surface area contributed by atoms with Crippen molar-refractivity contribution >= 4 is 5.82 Å². The summed E-state index contributed by atoms with van der Waals surface area (Å²) in [6.07, 6.45) is -3.70. The zero-order valence-corrected chi connectivity index (χ0v) is 12.1. The monoisotopic (exact) mass is 325 g/mol. The highest BCUT2D eigenvalue weighted by molar-refractivity contribution is 5.48. The van der Waals surface area contributed by atoms with Crippen molar-refractivity contribution in [1.29, 1.82) is 0 Å². The molecule has 0 radical (unpaired) electrons. The molecule has 0 spiro atoms. The fourth-order valence-corrected chi connectivity index (χ4v) is 2.16. The molecule has 1 aliphatic heterocycles. The van der Waals surface area contributed by atoms with Crippen LogP contribution in [0.1, 0.15) is 17.7 Å². The van der Waals surface area contributed by atoms with Crippen LogP contribution in [0.25, 0.3) is 0 Å². The van der Waals surface area contributed by atoms with Gasteiger partial charge >= 0.3 is 6.18 Å². The smallest absolute Gasteiger partial charge is 0.435 e. The maximum Gasteiger partial charge on any atom is 0.435 e. The third-order valence-corrected chi connectivity index (χ3v) is 3.27. The van der Waals surface area contributed by atoms with Gasteiger partial charge in [-0.15, -0.1) is 10.2 Å². The molecular formula is C15H14F3N3O2. The minimum absolute atomic E-state index is 0.255. The number of anilines is 1. The van der Waals surface area contributed by atoms with E-state index in [-0.39, 0.29) is 5.82 Å². The van der Waals surface area contributed by atoms with Crippen molar-refractivity contribution in [3.63, 3.8) is 0 Å². The van der Waals surface area contributed by atoms with Crippen molar-refractivity contribution in [3.8, 4) is 11.5 Å². The maximum absolute atomic E-state index is 12.4. The highest BCUT2D eigenvalue weighted by atomic mass is 19.4.